The first-order valence-corrected chi connectivity index (χ1v) is 17.1. The van der Waals surface area contributed by atoms with Crippen molar-refractivity contribution >= 4 is 27.5 Å². The first kappa shape index (κ1) is 33.0. The maximum Gasteiger partial charge on any atom is 0.243 e. The normalized spacial score (nSPS) is 14.2. The van der Waals surface area contributed by atoms with E-state index in [1.165, 1.54) is 16.4 Å². The van der Waals surface area contributed by atoms with Gasteiger partial charge in [0.05, 0.1) is 18.6 Å². The summed E-state index contributed by atoms with van der Waals surface area (Å²) in [6, 6.07) is 21.6. The molecule has 10 heteroatoms. The molecule has 0 spiro atoms. The summed E-state index contributed by atoms with van der Waals surface area (Å²) in [5.41, 5.74) is 2.01. The van der Waals surface area contributed by atoms with Crippen LogP contribution in [0.1, 0.15) is 56.6 Å². The van der Waals surface area contributed by atoms with Gasteiger partial charge in [-0.3, -0.25) is 13.9 Å². The third-order valence-corrected chi connectivity index (χ3v) is 9.00. The van der Waals surface area contributed by atoms with Crippen LogP contribution in [0.4, 0.5) is 10.1 Å². The summed E-state index contributed by atoms with van der Waals surface area (Å²) >= 11 is 0. The molecule has 0 radical (unpaired) electrons. The van der Waals surface area contributed by atoms with Crippen LogP contribution in [0.3, 0.4) is 0 Å². The molecule has 1 aliphatic carbocycles. The third kappa shape index (κ3) is 9.29. The molecule has 0 saturated heterocycles. The van der Waals surface area contributed by atoms with Gasteiger partial charge in [0.15, 0.2) is 0 Å². The van der Waals surface area contributed by atoms with Crippen molar-refractivity contribution in [1.82, 2.24) is 10.2 Å². The fourth-order valence-electron chi connectivity index (χ4n) is 5.63. The van der Waals surface area contributed by atoms with Gasteiger partial charge in [-0.2, -0.15) is 0 Å². The number of nitrogens with zero attached hydrogens (tertiary/aromatic N) is 2. The zero-order valence-electron chi connectivity index (χ0n) is 25.5. The van der Waals surface area contributed by atoms with Crippen LogP contribution < -0.4 is 14.4 Å². The Kier molecular flexibility index (Phi) is 11.8. The van der Waals surface area contributed by atoms with E-state index in [0.717, 1.165) is 37.5 Å². The number of carbonyl (C=O) groups is 2. The summed E-state index contributed by atoms with van der Waals surface area (Å²) < 4.78 is 46.3. The number of ether oxygens (including phenoxy) is 1. The van der Waals surface area contributed by atoms with E-state index in [4.69, 9.17) is 4.74 Å². The second-order valence-corrected chi connectivity index (χ2v) is 13.1. The number of benzene rings is 3. The number of rotatable bonds is 15. The molecule has 1 atom stereocenters. The van der Waals surface area contributed by atoms with E-state index in [9.17, 15) is 22.4 Å². The highest BCUT2D eigenvalue weighted by molar-refractivity contribution is 7.92. The van der Waals surface area contributed by atoms with Crippen molar-refractivity contribution in [3.8, 4) is 5.75 Å². The van der Waals surface area contributed by atoms with Gasteiger partial charge >= 0.3 is 0 Å². The van der Waals surface area contributed by atoms with Crippen LogP contribution >= 0.6 is 0 Å². The molecule has 0 unspecified atom stereocenters. The van der Waals surface area contributed by atoms with Crippen molar-refractivity contribution in [2.24, 2.45) is 0 Å². The standard InChI is InChI=1S/C34H42FN3O5S/c1-3-43-32-17-10-9-16-30(32)38(44(2,41)42)23-11-18-33(39)37(25-27-19-21-28(35)22-20-27)31(24-26-12-5-4-6-13-26)34(40)36-29-14-7-8-15-29/h4-6,9-10,12-13,16-17,19-22,29,31H,3,7-8,11,14-15,18,23-25H2,1-2H3,(H,36,40)/t31-/m0/s1. The van der Waals surface area contributed by atoms with E-state index >= 15 is 0 Å². The Morgan fingerprint density at radius 2 is 1.61 bits per heavy atom. The molecule has 44 heavy (non-hydrogen) atoms. The first-order valence-electron chi connectivity index (χ1n) is 15.2. The number of sulfonamides is 1. The Morgan fingerprint density at radius 1 is 0.955 bits per heavy atom. The molecule has 1 N–H and O–H groups in total. The van der Waals surface area contributed by atoms with Crippen LogP contribution in [0.25, 0.3) is 0 Å². The van der Waals surface area contributed by atoms with E-state index in [2.05, 4.69) is 5.32 Å². The summed E-state index contributed by atoms with van der Waals surface area (Å²) in [4.78, 5) is 29.4. The lowest BCUT2D eigenvalue weighted by Gasteiger charge is -2.33. The highest BCUT2D eigenvalue weighted by Gasteiger charge is 2.32. The lowest BCUT2D eigenvalue weighted by molar-refractivity contribution is -0.141. The molecule has 8 nitrogen and oxygen atoms in total. The van der Waals surface area contributed by atoms with E-state index in [1.54, 1.807) is 41.3 Å². The van der Waals surface area contributed by atoms with E-state index < -0.39 is 16.1 Å². The Balaban J connectivity index is 1.59. The molecule has 0 aliphatic heterocycles. The molecule has 0 heterocycles. The topological polar surface area (TPSA) is 96.0 Å². The van der Waals surface area contributed by atoms with Gasteiger partial charge in [0.1, 0.15) is 17.6 Å². The fourth-order valence-corrected chi connectivity index (χ4v) is 6.60. The van der Waals surface area contributed by atoms with Crippen LogP contribution in [-0.4, -0.2) is 56.6 Å². The number of para-hydroxylation sites is 2. The molecule has 0 bridgehead atoms. The maximum atomic E-state index is 14.0. The summed E-state index contributed by atoms with van der Waals surface area (Å²) in [5.74, 6) is -0.459. The zero-order chi connectivity index (χ0) is 31.5. The van der Waals surface area contributed by atoms with Gasteiger partial charge < -0.3 is 15.0 Å². The average Bonchev–Trinajstić information content (AvgIpc) is 3.51. The molecule has 236 valence electrons. The number of carbonyl (C=O) groups excluding carboxylic acids is 2. The lowest BCUT2D eigenvalue weighted by atomic mass is 10.0. The van der Waals surface area contributed by atoms with Crippen LogP contribution in [-0.2, 0) is 32.6 Å². The quantitative estimate of drug-likeness (QED) is 0.242. The molecule has 1 aliphatic rings. The second kappa shape index (κ2) is 15.7. The second-order valence-electron chi connectivity index (χ2n) is 11.2. The maximum absolute atomic E-state index is 14.0. The monoisotopic (exact) mass is 623 g/mol. The van der Waals surface area contributed by atoms with Crippen molar-refractivity contribution in [3.63, 3.8) is 0 Å². The summed E-state index contributed by atoms with van der Waals surface area (Å²) in [5, 5.41) is 3.17. The molecule has 3 aromatic carbocycles. The molecular weight excluding hydrogens is 581 g/mol. The van der Waals surface area contributed by atoms with Crippen LogP contribution in [0.5, 0.6) is 5.75 Å². The van der Waals surface area contributed by atoms with Gasteiger partial charge in [-0.15, -0.1) is 0 Å². The van der Waals surface area contributed by atoms with Crippen LogP contribution in [0.15, 0.2) is 78.9 Å². The summed E-state index contributed by atoms with van der Waals surface area (Å²) in [6.45, 7) is 2.36. The van der Waals surface area contributed by atoms with Gasteiger partial charge in [-0.05, 0) is 61.6 Å². The molecule has 2 amide bonds. The fraction of sp³-hybridized carbons (Fsp3) is 0.412. The largest absolute Gasteiger partial charge is 0.492 e. The number of anilines is 1. The van der Waals surface area contributed by atoms with Crippen molar-refractivity contribution in [3.05, 3.63) is 95.8 Å². The van der Waals surface area contributed by atoms with Gasteiger partial charge in [0.25, 0.3) is 0 Å². The zero-order valence-corrected chi connectivity index (χ0v) is 26.3. The van der Waals surface area contributed by atoms with E-state index in [0.29, 0.717) is 30.0 Å². The Hall–Kier alpha value is -3.92. The highest BCUT2D eigenvalue weighted by Crippen LogP contribution is 2.30. The average molecular weight is 624 g/mol. The molecule has 1 fully saturated rings. The Labute approximate surface area is 260 Å². The van der Waals surface area contributed by atoms with Crippen LogP contribution in [0.2, 0.25) is 0 Å². The van der Waals surface area contributed by atoms with Gasteiger partial charge in [-0.1, -0.05) is 67.4 Å². The molecule has 1 saturated carbocycles. The minimum Gasteiger partial charge on any atom is -0.492 e. The Morgan fingerprint density at radius 3 is 2.27 bits per heavy atom. The number of halogens is 1. The van der Waals surface area contributed by atoms with E-state index in [-0.39, 0.29) is 49.6 Å². The van der Waals surface area contributed by atoms with Crippen molar-refractivity contribution < 1.29 is 27.1 Å². The SMILES string of the molecule is CCOc1ccccc1N(CCCC(=O)N(Cc1ccc(F)cc1)[C@@H](Cc1ccccc1)C(=O)NC1CCCC1)S(C)(=O)=O. The van der Waals surface area contributed by atoms with Crippen molar-refractivity contribution in [1.29, 1.82) is 0 Å². The minimum atomic E-state index is -3.68. The van der Waals surface area contributed by atoms with E-state index in [1.807, 2.05) is 37.3 Å². The van der Waals surface area contributed by atoms with Gasteiger partial charge in [0, 0.05) is 32.0 Å². The minimum absolute atomic E-state index is 0.00597. The summed E-state index contributed by atoms with van der Waals surface area (Å²) in [6.07, 6.45) is 5.57. The van der Waals surface area contributed by atoms with Gasteiger partial charge in [0.2, 0.25) is 21.8 Å². The molecule has 3 aromatic rings. The van der Waals surface area contributed by atoms with Crippen molar-refractivity contribution in [2.45, 2.75) is 70.5 Å². The lowest BCUT2D eigenvalue weighted by Crippen LogP contribution is -2.52. The van der Waals surface area contributed by atoms with Crippen LogP contribution in [0, 0.1) is 5.82 Å². The summed E-state index contributed by atoms with van der Waals surface area (Å²) in [7, 11) is -3.68. The number of hydrogen-bond acceptors (Lipinski definition) is 5. The van der Waals surface area contributed by atoms with Crippen molar-refractivity contribution in [2.75, 3.05) is 23.7 Å². The molecule has 0 aromatic heterocycles. The highest BCUT2D eigenvalue weighted by atomic mass is 32.2. The third-order valence-electron chi connectivity index (χ3n) is 7.82. The number of hydrogen-bond donors (Lipinski definition) is 1. The predicted octanol–water partition coefficient (Wildman–Crippen LogP) is 5.47. The smallest absolute Gasteiger partial charge is 0.243 e. The first-order chi connectivity index (χ1) is 21.2. The Bertz CT molecular complexity index is 1480. The molecule has 4 rings (SSSR count). The number of nitrogens with one attached hydrogen (secondary N) is 1. The van der Waals surface area contributed by atoms with Gasteiger partial charge in [-0.25, -0.2) is 12.8 Å². The predicted molar refractivity (Wildman–Crippen MR) is 170 cm³/mol. The number of amides is 2. The molecular formula is C34H42FN3O5S.